The SMILES string of the molecule is O=C(Cc1cccs1)Nc1ccc(NCCc2ccc(F)cc2)nc1. The van der Waals surface area contributed by atoms with Crippen molar-refractivity contribution in [1.29, 1.82) is 0 Å². The summed E-state index contributed by atoms with van der Waals surface area (Å²) in [6.45, 7) is 0.697. The van der Waals surface area contributed by atoms with Gasteiger partial charge in [0.05, 0.1) is 18.3 Å². The second-order valence-electron chi connectivity index (χ2n) is 5.54. The van der Waals surface area contributed by atoms with E-state index in [-0.39, 0.29) is 11.7 Å². The highest BCUT2D eigenvalue weighted by Crippen LogP contribution is 2.13. The maximum atomic E-state index is 12.9. The van der Waals surface area contributed by atoms with Gasteiger partial charge in [0.1, 0.15) is 11.6 Å². The number of carbonyl (C=O) groups excluding carboxylic acids is 1. The summed E-state index contributed by atoms with van der Waals surface area (Å²) >= 11 is 1.56. The number of amides is 1. The van der Waals surface area contributed by atoms with Crippen molar-refractivity contribution in [2.75, 3.05) is 17.2 Å². The Morgan fingerprint density at radius 2 is 1.96 bits per heavy atom. The minimum absolute atomic E-state index is 0.0544. The molecule has 128 valence electrons. The van der Waals surface area contributed by atoms with Gasteiger partial charge in [0.15, 0.2) is 0 Å². The van der Waals surface area contributed by atoms with Gasteiger partial charge in [-0.3, -0.25) is 4.79 Å². The van der Waals surface area contributed by atoms with Crippen molar-refractivity contribution in [2.45, 2.75) is 12.8 Å². The average molecular weight is 355 g/mol. The molecule has 0 saturated carbocycles. The van der Waals surface area contributed by atoms with Gasteiger partial charge in [-0.25, -0.2) is 9.37 Å². The highest BCUT2D eigenvalue weighted by molar-refractivity contribution is 7.10. The van der Waals surface area contributed by atoms with Crippen LogP contribution in [-0.4, -0.2) is 17.4 Å². The molecule has 0 bridgehead atoms. The minimum atomic E-state index is -0.227. The number of halogens is 1. The van der Waals surface area contributed by atoms with E-state index in [1.54, 1.807) is 29.7 Å². The Morgan fingerprint density at radius 3 is 2.64 bits per heavy atom. The predicted molar refractivity (Wildman–Crippen MR) is 99.5 cm³/mol. The topological polar surface area (TPSA) is 54.0 Å². The van der Waals surface area contributed by atoms with Crippen LogP contribution in [0.4, 0.5) is 15.9 Å². The van der Waals surface area contributed by atoms with Gasteiger partial charge in [0, 0.05) is 11.4 Å². The monoisotopic (exact) mass is 355 g/mol. The first-order valence-electron chi connectivity index (χ1n) is 7.96. The van der Waals surface area contributed by atoms with Gasteiger partial charge in [-0.15, -0.1) is 11.3 Å². The minimum Gasteiger partial charge on any atom is -0.370 e. The summed E-state index contributed by atoms with van der Waals surface area (Å²) in [6.07, 6.45) is 2.78. The Balaban J connectivity index is 1.45. The molecule has 0 aliphatic carbocycles. The van der Waals surface area contributed by atoms with Gasteiger partial charge in [0.2, 0.25) is 5.91 Å². The van der Waals surface area contributed by atoms with E-state index in [0.29, 0.717) is 18.7 Å². The molecular weight excluding hydrogens is 337 g/mol. The van der Waals surface area contributed by atoms with Crippen molar-refractivity contribution < 1.29 is 9.18 Å². The van der Waals surface area contributed by atoms with Crippen LogP contribution in [0.5, 0.6) is 0 Å². The fourth-order valence-electron chi connectivity index (χ4n) is 2.33. The van der Waals surface area contributed by atoms with Crippen LogP contribution < -0.4 is 10.6 Å². The quantitative estimate of drug-likeness (QED) is 0.670. The summed E-state index contributed by atoms with van der Waals surface area (Å²) in [5.74, 6) is 0.453. The van der Waals surface area contributed by atoms with Gasteiger partial charge in [0.25, 0.3) is 0 Å². The normalized spacial score (nSPS) is 10.4. The molecule has 0 saturated heterocycles. The smallest absolute Gasteiger partial charge is 0.229 e. The van der Waals surface area contributed by atoms with E-state index in [2.05, 4.69) is 15.6 Å². The number of hydrogen-bond acceptors (Lipinski definition) is 4. The first-order valence-corrected chi connectivity index (χ1v) is 8.83. The van der Waals surface area contributed by atoms with Crippen LogP contribution in [0.15, 0.2) is 60.1 Å². The zero-order chi connectivity index (χ0) is 17.5. The van der Waals surface area contributed by atoms with E-state index in [4.69, 9.17) is 0 Å². The van der Waals surface area contributed by atoms with Crippen molar-refractivity contribution >= 4 is 28.7 Å². The first-order chi connectivity index (χ1) is 12.2. The predicted octanol–water partition coefficient (Wildman–Crippen LogP) is 4.12. The zero-order valence-electron chi connectivity index (χ0n) is 13.5. The zero-order valence-corrected chi connectivity index (χ0v) is 14.4. The van der Waals surface area contributed by atoms with Crippen molar-refractivity contribution in [3.63, 3.8) is 0 Å². The molecule has 2 N–H and O–H groups in total. The Bertz CT molecular complexity index is 802. The third kappa shape index (κ3) is 5.39. The number of anilines is 2. The van der Waals surface area contributed by atoms with Gasteiger partial charge in [-0.1, -0.05) is 18.2 Å². The molecular formula is C19H18FN3OS. The van der Waals surface area contributed by atoms with Gasteiger partial charge in [-0.2, -0.15) is 0 Å². The number of aromatic nitrogens is 1. The molecule has 4 nitrogen and oxygen atoms in total. The van der Waals surface area contributed by atoms with E-state index >= 15 is 0 Å². The van der Waals surface area contributed by atoms with Crippen LogP contribution >= 0.6 is 11.3 Å². The molecule has 6 heteroatoms. The van der Waals surface area contributed by atoms with Crippen LogP contribution in [0.3, 0.4) is 0 Å². The first kappa shape index (κ1) is 17.1. The van der Waals surface area contributed by atoms with Crippen LogP contribution in [0.25, 0.3) is 0 Å². The summed E-state index contributed by atoms with van der Waals surface area (Å²) in [5.41, 5.74) is 1.73. The van der Waals surface area contributed by atoms with E-state index < -0.39 is 0 Å². The fraction of sp³-hybridized carbons (Fsp3) is 0.158. The molecule has 0 aliphatic heterocycles. The maximum absolute atomic E-state index is 12.9. The number of pyridine rings is 1. The van der Waals surface area contributed by atoms with E-state index in [0.717, 1.165) is 22.7 Å². The van der Waals surface area contributed by atoms with Crippen LogP contribution in [0.1, 0.15) is 10.4 Å². The number of nitrogens with one attached hydrogen (secondary N) is 2. The summed E-state index contributed by atoms with van der Waals surface area (Å²) in [6, 6.07) is 14.0. The number of hydrogen-bond donors (Lipinski definition) is 2. The lowest BCUT2D eigenvalue weighted by Gasteiger charge is -2.08. The van der Waals surface area contributed by atoms with E-state index in [1.165, 1.54) is 12.1 Å². The van der Waals surface area contributed by atoms with E-state index in [1.807, 2.05) is 29.6 Å². The number of thiophene rings is 1. The molecule has 0 fully saturated rings. The molecule has 0 spiro atoms. The molecule has 1 amide bonds. The highest BCUT2D eigenvalue weighted by Gasteiger charge is 2.05. The molecule has 0 atom stereocenters. The van der Waals surface area contributed by atoms with Crippen LogP contribution in [-0.2, 0) is 17.6 Å². The molecule has 0 unspecified atom stereocenters. The molecule has 1 aromatic carbocycles. The lowest BCUT2D eigenvalue weighted by Crippen LogP contribution is -2.14. The number of benzene rings is 1. The summed E-state index contributed by atoms with van der Waals surface area (Å²) in [7, 11) is 0. The van der Waals surface area contributed by atoms with Gasteiger partial charge >= 0.3 is 0 Å². The van der Waals surface area contributed by atoms with Gasteiger partial charge < -0.3 is 10.6 Å². The number of rotatable bonds is 7. The second-order valence-corrected chi connectivity index (χ2v) is 6.57. The van der Waals surface area contributed by atoms with Crippen molar-refractivity contribution in [1.82, 2.24) is 4.98 Å². The third-order valence-corrected chi connectivity index (χ3v) is 4.47. The Morgan fingerprint density at radius 1 is 1.12 bits per heavy atom. The largest absolute Gasteiger partial charge is 0.370 e. The highest BCUT2D eigenvalue weighted by atomic mass is 32.1. The van der Waals surface area contributed by atoms with Crippen molar-refractivity contribution in [2.24, 2.45) is 0 Å². The van der Waals surface area contributed by atoms with Crippen molar-refractivity contribution in [3.8, 4) is 0 Å². The molecule has 0 aliphatic rings. The number of carbonyl (C=O) groups is 1. The van der Waals surface area contributed by atoms with Crippen LogP contribution in [0.2, 0.25) is 0 Å². The molecule has 2 aromatic heterocycles. The molecule has 3 rings (SSSR count). The summed E-state index contributed by atoms with van der Waals surface area (Å²) in [5, 5.41) is 8.00. The lowest BCUT2D eigenvalue weighted by atomic mass is 10.1. The molecule has 25 heavy (non-hydrogen) atoms. The Kier molecular flexibility index (Phi) is 5.74. The van der Waals surface area contributed by atoms with Crippen molar-refractivity contribution in [3.05, 3.63) is 76.4 Å². The number of nitrogens with zero attached hydrogens (tertiary/aromatic N) is 1. The summed E-state index contributed by atoms with van der Waals surface area (Å²) < 4.78 is 12.9. The molecule has 3 aromatic rings. The Labute approximate surface area is 149 Å². The third-order valence-electron chi connectivity index (χ3n) is 3.60. The lowest BCUT2D eigenvalue weighted by molar-refractivity contribution is -0.115. The van der Waals surface area contributed by atoms with Gasteiger partial charge in [-0.05, 0) is 47.7 Å². The molecule has 2 heterocycles. The molecule has 0 radical (unpaired) electrons. The summed E-state index contributed by atoms with van der Waals surface area (Å²) in [4.78, 5) is 17.3. The Hall–Kier alpha value is -2.73. The second kappa shape index (κ2) is 8.39. The standard InChI is InChI=1S/C19H18FN3OS/c20-15-5-3-14(4-6-15)9-10-21-18-8-7-16(13-22-18)23-19(24)12-17-2-1-11-25-17/h1-8,11,13H,9-10,12H2,(H,21,22)(H,23,24). The average Bonchev–Trinajstić information content (AvgIpc) is 3.11. The van der Waals surface area contributed by atoms with E-state index in [9.17, 15) is 9.18 Å². The maximum Gasteiger partial charge on any atom is 0.229 e. The fourth-order valence-corrected chi connectivity index (χ4v) is 3.04. The van der Waals surface area contributed by atoms with Crippen LogP contribution in [0, 0.1) is 5.82 Å².